The van der Waals surface area contributed by atoms with Crippen LogP contribution in [0.15, 0.2) is 61.2 Å². The monoisotopic (exact) mass is 426 g/mol. The zero-order chi connectivity index (χ0) is 22.4. The number of amides is 1. The van der Waals surface area contributed by atoms with E-state index in [0.29, 0.717) is 23.5 Å². The van der Waals surface area contributed by atoms with Crippen molar-refractivity contribution in [2.75, 3.05) is 13.2 Å². The lowest BCUT2D eigenvalue weighted by Crippen LogP contribution is -2.59. The second-order valence-electron chi connectivity index (χ2n) is 7.21. The maximum absolute atomic E-state index is 12.3. The molecule has 164 valence electrons. The van der Waals surface area contributed by atoms with E-state index in [1.165, 1.54) is 0 Å². The summed E-state index contributed by atoms with van der Waals surface area (Å²) in [5.41, 5.74) is 3.18. The molecule has 1 heterocycles. The molecule has 1 aliphatic heterocycles. The highest BCUT2D eigenvalue weighted by Crippen LogP contribution is 2.43. The van der Waals surface area contributed by atoms with E-state index in [4.69, 9.17) is 9.57 Å². The van der Waals surface area contributed by atoms with Crippen LogP contribution in [0.5, 0.6) is 5.75 Å². The van der Waals surface area contributed by atoms with E-state index in [-0.39, 0.29) is 19.6 Å². The Morgan fingerprint density at radius 1 is 1.26 bits per heavy atom. The van der Waals surface area contributed by atoms with Crippen molar-refractivity contribution in [1.82, 2.24) is 10.4 Å². The number of nitrogens with zero attached hydrogens (tertiary/aromatic N) is 1. The van der Waals surface area contributed by atoms with Gasteiger partial charge in [-0.1, -0.05) is 56.0 Å². The van der Waals surface area contributed by atoms with Crippen LogP contribution in [0.4, 0.5) is 4.79 Å². The zero-order valence-electron chi connectivity index (χ0n) is 17.3. The van der Waals surface area contributed by atoms with Crippen LogP contribution in [0.3, 0.4) is 0 Å². The van der Waals surface area contributed by atoms with E-state index >= 15 is 0 Å². The Morgan fingerprint density at radius 3 is 2.61 bits per heavy atom. The number of carbonyl (C=O) groups is 2. The molecule has 0 aliphatic carbocycles. The molecule has 0 saturated heterocycles. The number of benzene rings is 2. The van der Waals surface area contributed by atoms with Crippen LogP contribution >= 0.6 is 0 Å². The van der Waals surface area contributed by atoms with E-state index in [0.717, 1.165) is 10.5 Å². The Bertz CT molecular complexity index is 948. The van der Waals surface area contributed by atoms with Crippen molar-refractivity contribution >= 4 is 12.1 Å². The molecule has 8 heteroatoms. The molecule has 1 amide bonds. The molecule has 3 rings (SSSR count). The summed E-state index contributed by atoms with van der Waals surface area (Å²) >= 11 is 0. The van der Waals surface area contributed by atoms with Crippen LogP contribution in [-0.4, -0.2) is 40.3 Å². The van der Waals surface area contributed by atoms with Crippen LogP contribution in [-0.2, 0) is 21.8 Å². The molecule has 8 nitrogen and oxygen atoms in total. The molecule has 0 aromatic heterocycles. The quantitative estimate of drug-likeness (QED) is 0.414. The van der Waals surface area contributed by atoms with Crippen LogP contribution < -0.4 is 10.2 Å². The first-order chi connectivity index (χ1) is 14.9. The van der Waals surface area contributed by atoms with Crippen molar-refractivity contribution in [3.63, 3.8) is 0 Å². The van der Waals surface area contributed by atoms with Gasteiger partial charge in [0.15, 0.2) is 5.54 Å². The number of hydroxylamine groups is 1. The summed E-state index contributed by atoms with van der Waals surface area (Å²) in [5, 5.41) is 19.9. The Balaban J connectivity index is 1.98. The Labute approximate surface area is 180 Å². The van der Waals surface area contributed by atoms with Gasteiger partial charge in [0.2, 0.25) is 0 Å². The van der Waals surface area contributed by atoms with Crippen molar-refractivity contribution < 1.29 is 29.4 Å². The summed E-state index contributed by atoms with van der Waals surface area (Å²) in [4.78, 5) is 31.0. The van der Waals surface area contributed by atoms with Crippen molar-refractivity contribution in [1.29, 1.82) is 0 Å². The van der Waals surface area contributed by atoms with E-state index in [9.17, 15) is 19.8 Å². The molecule has 1 aliphatic rings. The van der Waals surface area contributed by atoms with Gasteiger partial charge < -0.3 is 14.9 Å². The van der Waals surface area contributed by atoms with Crippen LogP contribution in [0.25, 0.3) is 0 Å². The lowest BCUT2D eigenvalue weighted by molar-refractivity contribution is -0.153. The van der Waals surface area contributed by atoms with Gasteiger partial charge in [-0.25, -0.2) is 9.59 Å². The molecule has 3 N–H and O–H groups in total. The van der Waals surface area contributed by atoms with Gasteiger partial charge in [0.05, 0.1) is 12.6 Å². The average molecular weight is 426 g/mol. The first-order valence-electron chi connectivity index (χ1n) is 9.97. The molecule has 31 heavy (non-hydrogen) atoms. The number of hydrogen-bond donors (Lipinski definition) is 3. The van der Waals surface area contributed by atoms with Crippen molar-refractivity contribution in [2.45, 2.75) is 31.5 Å². The van der Waals surface area contributed by atoms with Gasteiger partial charge >= 0.3 is 12.1 Å². The second-order valence-corrected chi connectivity index (χ2v) is 7.21. The van der Waals surface area contributed by atoms with Gasteiger partial charge in [0.1, 0.15) is 12.4 Å². The van der Waals surface area contributed by atoms with Gasteiger partial charge in [-0.15, -0.1) is 0 Å². The van der Waals surface area contributed by atoms with Crippen molar-refractivity contribution in [3.8, 4) is 5.75 Å². The summed E-state index contributed by atoms with van der Waals surface area (Å²) in [7, 11) is 0. The molecule has 0 radical (unpaired) electrons. The minimum atomic E-state index is -1.70. The minimum Gasteiger partial charge on any atom is -0.490 e. The summed E-state index contributed by atoms with van der Waals surface area (Å²) in [6, 6.07) is 13.9. The van der Waals surface area contributed by atoms with Gasteiger partial charge in [0.25, 0.3) is 0 Å². The number of aliphatic carboxylic acids is 1. The van der Waals surface area contributed by atoms with Crippen molar-refractivity contribution in [2.24, 2.45) is 0 Å². The maximum atomic E-state index is 12.3. The molecular weight excluding hydrogens is 400 g/mol. The summed E-state index contributed by atoms with van der Waals surface area (Å²) in [6.45, 7) is 5.76. The highest BCUT2D eigenvalue weighted by Gasteiger charge is 2.52. The standard InChI is InChI=1S/C23H26N2O6/c1-3-12-30-17-10-11-19-18(13-17)20(24-31-15-16-8-6-5-7-9-16)14-25(22(28)29)23(19,4-2)21(26)27/h3,5-11,13,20,24H,1,4,12,14-15H2,2H3,(H,26,27)(H,28,29). The fourth-order valence-electron chi connectivity index (χ4n) is 3.94. The lowest BCUT2D eigenvalue weighted by Gasteiger charge is -2.46. The Hall–Kier alpha value is -3.36. The average Bonchev–Trinajstić information content (AvgIpc) is 2.77. The molecule has 0 fully saturated rings. The van der Waals surface area contributed by atoms with E-state index in [1.54, 1.807) is 31.2 Å². The number of carboxylic acid groups (broad SMARTS) is 2. The topological polar surface area (TPSA) is 108 Å². The minimum absolute atomic E-state index is 0.0755. The first-order valence-corrected chi connectivity index (χ1v) is 9.97. The SMILES string of the molecule is C=CCOc1ccc2c(c1)C(NOCc1ccccc1)CN(C(=O)O)C2(CC)C(=O)O. The molecule has 0 spiro atoms. The highest BCUT2D eigenvalue weighted by molar-refractivity contribution is 5.87. The van der Waals surface area contributed by atoms with Crippen molar-refractivity contribution in [3.05, 3.63) is 77.9 Å². The fraction of sp³-hybridized carbons (Fsp3) is 0.304. The smallest absolute Gasteiger partial charge is 0.408 e. The van der Waals surface area contributed by atoms with Gasteiger partial charge in [-0.2, -0.15) is 5.48 Å². The Kier molecular flexibility index (Phi) is 6.94. The molecule has 2 aromatic carbocycles. The van der Waals surface area contributed by atoms with Gasteiger partial charge in [-0.3, -0.25) is 9.74 Å². The number of ether oxygens (including phenoxy) is 1. The fourth-order valence-corrected chi connectivity index (χ4v) is 3.94. The third-order valence-electron chi connectivity index (χ3n) is 5.44. The number of nitrogens with one attached hydrogen (secondary N) is 1. The molecule has 2 atom stereocenters. The maximum Gasteiger partial charge on any atom is 0.408 e. The summed E-state index contributed by atoms with van der Waals surface area (Å²) in [6.07, 6.45) is 0.376. The number of rotatable bonds is 9. The molecule has 0 bridgehead atoms. The summed E-state index contributed by atoms with van der Waals surface area (Å²) in [5.74, 6) is -0.685. The molecular formula is C23H26N2O6. The van der Waals surface area contributed by atoms with E-state index in [1.807, 2.05) is 30.3 Å². The predicted octanol–water partition coefficient (Wildman–Crippen LogP) is 3.70. The van der Waals surface area contributed by atoms with Crippen LogP contribution in [0.1, 0.15) is 36.1 Å². The second kappa shape index (κ2) is 9.63. The van der Waals surface area contributed by atoms with Crippen LogP contribution in [0, 0.1) is 0 Å². The van der Waals surface area contributed by atoms with Gasteiger partial charge in [-0.05, 0) is 35.2 Å². The largest absolute Gasteiger partial charge is 0.490 e. The zero-order valence-corrected chi connectivity index (χ0v) is 17.3. The normalized spacial score (nSPS) is 20.0. The number of hydrogen-bond acceptors (Lipinski definition) is 5. The van der Waals surface area contributed by atoms with E-state index in [2.05, 4.69) is 12.1 Å². The summed E-state index contributed by atoms with van der Waals surface area (Å²) < 4.78 is 5.62. The molecule has 2 aromatic rings. The van der Waals surface area contributed by atoms with Gasteiger partial charge in [0, 0.05) is 6.54 Å². The molecule has 0 saturated carbocycles. The first kappa shape index (κ1) is 22.3. The molecule has 2 unspecified atom stereocenters. The Morgan fingerprint density at radius 2 is 2.00 bits per heavy atom. The highest BCUT2D eigenvalue weighted by atomic mass is 16.6. The van der Waals surface area contributed by atoms with Crippen LogP contribution in [0.2, 0.25) is 0 Å². The predicted molar refractivity (Wildman–Crippen MR) is 114 cm³/mol. The third-order valence-corrected chi connectivity index (χ3v) is 5.44. The number of fused-ring (bicyclic) bond motifs is 1. The lowest BCUT2D eigenvalue weighted by atomic mass is 9.77. The third kappa shape index (κ3) is 4.40. The van der Waals surface area contributed by atoms with E-state index < -0.39 is 23.6 Å². The number of carboxylic acids is 1.